The standard InChI is InChI=1S/C7H18O2Si2/c1-7-8-11(5,6)9-10(2,3)4/h7H,1H2,2-6H3. The quantitative estimate of drug-likeness (QED) is 0.501. The molecule has 4 heteroatoms. The highest BCUT2D eigenvalue weighted by Crippen LogP contribution is 2.14. The summed E-state index contributed by atoms with van der Waals surface area (Å²) >= 11 is 0. The van der Waals surface area contributed by atoms with Crippen molar-refractivity contribution in [1.82, 2.24) is 0 Å². The predicted octanol–water partition coefficient (Wildman–Crippen LogP) is 2.70. The first-order chi connectivity index (χ1) is 4.77. The Hall–Kier alpha value is -0.0662. The van der Waals surface area contributed by atoms with Crippen LogP contribution in [-0.2, 0) is 8.54 Å². The molecule has 0 rings (SSSR count). The van der Waals surface area contributed by atoms with Crippen LogP contribution < -0.4 is 0 Å². The van der Waals surface area contributed by atoms with Crippen LogP contribution in [0.25, 0.3) is 0 Å². The van der Waals surface area contributed by atoms with Crippen LogP contribution in [0.5, 0.6) is 0 Å². The van der Waals surface area contributed by atoms with Gasteiger partial charge in [-0.2, -0.15) is 0 Å². The Bertz CT molecular complexity index is 138. The largest absolute Gasteiger partial charge is 0.528 e. The summed E-state index contributed by atoms with van der Waals surface area (Å²) in [5, 5.41) is 0. The number of hydrogen-bond acceptors (Lipinski definition) is 2. The molecule has 0 atom stereocenters. The minimum atomic E-state index is -1.90. The van der Waals surface area contributed by atoms with Gasteiger partial charge < -0.3 is 8.54 Å². The third-order valence-corrected chi connectivity index (χ3v) is 6.07. The summed E-state index contributed by atoms with van der Waals surface area (Å²) in [6.45, 7) is 14.1. The van der Waals surface area contributed by atoms with Gasteiger partial charge in [0.2, 0.25) is 0 Å². The maximum Gasteiger partial charge on any atom is 0.381 e. The van der Waals surface area contributed by atoms with Crippen molar-refractivity contribution in [2.45, 2.75) is 32.7 Å². The normalized spacial score (nSPS) is 12.8. The molecule has 0 radical (unpaired) electrons. The SMILES string of the molecule is C=CO[Si](C)(C)O[Si](C)(C)C. The Morgan fingerprint density at radius 2 is 1.55 bits per heavy atom. The van der Waals surface area contributed by atoms with E-state index in [0.717, 1.165) is 0 Å². The lowest BCUT2D eigenvalue weighted by Gasteiger charge is -2.29. The zero-order valence-corrected chi connectivity index (χ0v) is 10.1. The summed E-state index contributed by atoms with van der Waals surface area (Å²) in [4.78, 5) is 0. The molecule has 2 nitrogen and oxygen atoms in total. The van der Waals surface area contributed by atoms with Gasteiger partial charge in [-0.25, -0.2) is 0 Å². The van der Waals surface area contributed by atoms with Gasteiger partial charge >= 0.3 is 8.56 Å². The van der Waals surface area contributed by atoms with Crippen molar-refractivity contribution in [3.8, 4) is 0 Å². The minimum Gasteiger partial charge on any atom is -0.528 e. The molecule has 0 saturated heterocycles. The van der Waals surface area contributed by atoms with Crippen molar-refractivity contribution >= 4 is 16.9 Å². The lowest BCUT2D eigenvalue weighted by Crippen LogP contribution is -2.43. The van der Waals surface area contributed by atoms with Crippen molar-refractivity contribution in [2.24, 2.45) is 0 Å². The average Bonchev–Trinajstić information content (AvgIpc) is 1.55. The topological polar surface area (TPSA) is 18.5 Å². The second kappa shape index (κ2) is 3.56. The van der Waals surface area contributed by atoms with Crippen LogP contribution in [-0.4, -0.2) is 16.9 Å². The van der Waals surface area contributed by atoms with E-state index < -0.39 is 16.9 Å². The molecule has 0 aromatic heterocycles. The first-order valence-corrected chi connectivity index (χ1v) is 9.98. The van der Waals surface area contributed by atoms with E-state index in [4.69, 9.17) is 8.54 Å². The van der Waals surface area contributed by atoms with Gasteiger partial charge in [-0.3, -0.25) is 0 Å². The smallest absolute Gasteiger partial charge is 0.381 e. The van der Waals surface area contributed by atoms with E-state index in [1.807, 2.05) is 13.1 Å². The lowest BCUT2D eigenvalue weighted by molar-refractivity contribution is 0.354. The zero-order chi connectivity index (χ0) is 9.12. The first kappa shape index (κ1) is 10.9. The molecule has 0 aliphatic heterocycles. The highest BCUT2D eigenvalue weighted by Gasteiger charge is 2.31. The third-order valence-electron chi connectivity index (χ3n) is 0.919. The van der Waals surface area contributed by atoms with Gasteiger partial charge in [0.1, 0.15) is 0 Å². The fourth-order valence-corrected chi connectivity index (χ4v) is 7.45. The van der Waals surface area contributed by atoms with E-state index in [-0.39, 0.29) is 0 Å². The summed E-state index contributed by atoms with van der Waals surface area (Å²) in [6.07, 6.45) is 1.48. The van der Waals surface area contributed by atoms with Crippen LogP contribution in [0, 0.1) is 0 Å². The Balaban J connectivity index is 4.00. The molecule has 0 aliphatic rings. The molecule has 0 saturated carbocycles. The fraction of sp³-hybridized carbons (Fsp3) is 0.714. The highest BCUT2D eigenvalue weighted by molar-refractivity contribution is 6.81. The van der Waals surface area contributed by atoms with Crippen molar-refractivity contribution < 1.29 is 8.54 Å². The van der Waals surface area contributed by atoms with Crippen LogP contribution in [0.3, 0.4) is 0 Å². The molecule has 0 bridgehead atoms. The Kier molecular flexibility index (Phi) is 3.53. The lowest BCUT2D eigenvalue weighted by atomic mass is 11.2. The van der Waals surface area contributed by atoms with Gasteiger partial charge in [-0.15, -0.1) is 0 Å². The molecule has 0 aromatic rings. The predicted molar refractivity (Wildman–Crippen MR) is 53.2 cm³/mol. The zero-order valence-electron chi connectivity index (χ0n) is 8.10. The summed E-state index contributed by atoms with van der Waals surface area (Å²) in [5.74, 6) is 0. The van der Waals surface area contributed by atoms with Crippen molar-refractivity contribution in [3.05, 3.63) is 12.8 Å². The summed E-state index contributed by atoms with van der Waals surface area (Å²) in [7, 11) is -3.34. The number of hydrogen-bond donors (Lipinski definition) is 0. The molecule has 0 N–H and O–H groups in total. The van der Waals surface area contributed by atoms with Crippen molar-refractivity contribution in [3.63, 3.8) is 0 Å². The minimum absolute atomic E-state index is 1.44. The first-order valence-electron chi connectivity index (χ1n) is 3.76. The van der Waals surface area contributed by atoms with E-state index in [9.17, 15) is 0 Å². The molecule has 11 heavy (non-hydrogen) atoms. The molecule has 0 amide bonds. The van der Waals surface area contributed by atoms with Gasteiger partial charge in [0.05, 0.1) is 6.26 Å². The highest BCUT2D eigenvalue weighted by atomic mass is 28.4. The molecule has 0 aliphatic carbocycles. The van der Waals surface area contributed by atoms with E-state index in [0.29, 0.717) is 0 Å². The second-order valence-electron chi connectivity index (χ2n) is 3.90. The molecular formula is C7H18O2Si2. The van der Waals surface area contributed by atoms with Gasteiger partial charge in [0, 0.05) is 0 Å². The summed E-state index contributed by atoms with van der Waals surface area (Å²) < 4.78 is 11.2. The average molecular weight is 190 g/mol. The van der Waals surface area contributed by atoms with Gasteiger partial charge in [-0.05, 0) is 32.7 Å². The third kappa shape index (κ3) is 6.34. The van der Waals surface area contributed by atoms with Crippen LogP contribution in [0.4, 0.5) is 0 Å². The van der Waals surface area contributed by atoms with Crippen LogP contribution in [0.2, 0.25) is 32.7 Å². The maximum absolute atomic E-state index is 5.85. The van der Waals surface area contributed by atoms with E-state index in [1.54, 1.807) is 0 Å². The Morgan fingerprint density at radius 3 is 1.82 bits per heavy atom. The van der Waals surface area contributed by atoms with Gasteiger partial charge in [0.15, 0.2) is 8.32 Å². The Labute approximate surface area is 71.6 Å². The summed E-state index contributed by atoms with van der Waals surface area (Å²) in [6, 6.07) is 0. The Morgan fingerprint density at radius 1 is 1.09 bits per heavy atom. The molecule has 0 heterocycles. The van der Waals surface area contributed by atoms with E-state index in [1.165, 1.54) is 6.26 Å². The van der Waals surface area contributed by atoms with Crippen molar-refractivity contribution in [2.75, 3.05) is 0 Å². The maximum atomic E-state index is 5.85. The molecule has 0 unspecified atom stereocenters. The number of rotatable bonds is 4. The van der Waals surface area contributed by atoms with Crippen LogP contribution in [0.15, 0.2) is 12.8 Å². The summed E-state index contributed by atoms with van der Waals surface area (Å²) in [5.41, 5.74) is 0. The van der Waals surface area contributed by atoms with Gasteiger partial charge in [-0.1, -0.05) is 6.58 Å². The second-order valence-corrected chi connectivity index (χ2v) is 12.0. The van der Waals surface area contributed by atoms with E-state index >= 15 is 0 Å². The monoisotopic (exact) mass is 190 g/mol. The van der Waals surface area contributed by atoms with E-state index in [2.05, 4.69) is 26.2 Å². The van der Waals surface area contributed by atoms with Crippen molar-refractivity contribution in [1.29, 1.82) is 0 Å². The van der Waals surface area contributed by atoms with Crippen LogP contribution in [0.1, 0.15) is 0 Å². The molecule has 0 fully saturated rings. The van der Waals surface area contributed by atoms with Crippen LogP contribution >= 0.6 is 0 Å². The fourth-order valence-electron chi connectivity index (χ4n) is 0.962. The molecular weight excluding hydrogens is 172 g/mol. The molecule has 66 valence electrons. The van der Waals surface area contributed by atoms with Gasteiger partial charge in [0.25, 0.3) is 0 Å². The molecule has 0 spiro atoms. The molecule has 0 aromatic carbocycles.